The van der Waals surface area contributed by atoms with Crippen LogP contribution in [-0.4, -0.2) is 5.91 Å². The molecule has 0 spiro atoms. The van der Waals surface area contributed by atoms with Gasteiger partial charge in [-0.05, 0) is 25.1 Å². The zero-order valence-corrected chi connectivity index (χ0v) is 9.97. The number of hydrogen-bond donors (Lipinski definition) is 2. The molecule has 0 unspecified atom stereocenters. The van der Waals surface area contributed by atoms with E-state index >= 15 is 0 Å². The third kappa shape index (κ3) is 2.89. The summed E-state index contributed by atoms with van der Waals surface area (Å²) < 4.78 is 10.7. The normalized spacial score (nSPS) is 10.1. The van der Waals surface area contributed by atoms with Crippen LogP contribution in [0.25, 0.3) is 0 Å². The second-order valence-electron chi connectivity index (χ2n) is 3.88. The molecular weight excluding hydrogens is 232 g/mol. The molecule has 0 aliphatic rings. The van der Waals surface area contributed by atoms with Crippen molar-refractivity contribution < 1.29 is 13.9 Å². The SMILES string of the molecule is Cc1ccc(OCc2cc(C(=O)NN)co2)cc1. The highest BCUT2D eigenvalue weighted by atomic mass is 16.5. The summed E-state index contributed by atoms with van der Waals surface area (Å²) in [5.74, 6) is 5.95. The second-order valence-corrected chi connectivity index (χ2v) is 3.88. The van der Waals surface area contributed by atoms with Crippen molar-refractivity contribution in [2.45, 2.75) is 13.5 Å². The van der Waals surface area contributed by atoms with Crippen molar-refractivity contribution in [3.8, 4) is 5.75 Å². The maximum absolute atomic E-state index is 11.2. The molecule has 0 bridgehead atoms. The van der Waals surface area contributed by atoms with Crippen LogP contribution < -0.4 is 16.0 Å². The first-order chi connectivity index (χ1) is 8.69. The van der Waals surface area contributed by atoms with E-state index in [1.165, 1.54) is 11.8 Å². The van der Waals surface area contributed by atoms with Gasteiger partial charge < -0.3 is 9.15 Å². The van der Waals surface area contributed by atoms with Crippen LogP contribution in [0.5, 0.6) is 5.75 Å². The van der Waals surface area contributed by atoms with Crippen molar-refractivity contribution in [2.24, 2.45) is 5.84 Å². The van der Waals surface area contributed by atoms with Gasteiger partial charge in [-0.1, -0.05) is 17.7 Å². The Morgan fingerprint density at radius 2 is 2.11 bits per heavy atom. The fourth-order valence-corrected chi connectivity index (χ4v) is 1.45. The molecule has 1 aromatic heterocycles. The molecule has 1 aromatic carbocycles. The van der Waals surface area contributed by atoms with Crippen molar-refractivity contribution >= 4 is 5.91 Å². The Kier molecular flexibility index (Phi) is 3.64. The topological polar surface area (TPSA) is 77.5 Å². The van der Waals surface area contributed by atoms with Crippen LogP contribution in [0.2, 0.25) is 0 Å². The summed E-state index contributed by atoms with van der Waals surface area (Å²) in [6.45, 7) is 2.27. The number of hydrazine groups is 1. The van der Waals surface area contributed by atoms with Crippen LogP contribution in [0.3, 0.4) is 0 Å². The van der Waals surface area contributed by atoms with Gasteiger partial charge in [0.15, 0.2) is 0 Å². The molecule has 94 valence electrons. The van der Waals surface area contributed by atoms with Crippen LogP contribution in [0, 0.1) is 6.92 Å². The van der Waals surface area contributed by atoms with E-state index in [2.05, 4.69) is 0 Å². The fraction of sp³-hybridized carbons (Fsp3) is 0.154. The molecule has 5 nitrogen and oxygen atoms in total. The minimum atomic E-state index is -0.389. The first-order valence-electron chi connectivity index (χ1n) is 5.47. The molecule has 0 atom stereocenters. The molecule has 0 saturated heterocycles. The van der Waals surface area contributed by atoms with E-state index in [4.69, 9.17) is 15.0 Å². The standard InChI is InChI=1S/C13H14N2O3/c1-9-2-4-11(5-3-9)18-8-12-6-10(7-17-12)13(16)15-14/h2-7H,8,14H2,1H3,(H,15,16). The maximum Gasteiger partial charge on any atom is 0.268 e. The number of hydrogen-bond acceptors (Lipinski definition) is 4. The van der Waals surface area contributed by atoms with Crippen molar-refractivity contribution in [2.75, 3.05) is 0 Å². The van der Waals surface area contributed by atoms with E-state index < -0.39 is 0 Å². The summed E-state index contributed by atoms with van der Waals surface area (Å²) in [7, 11) is 0. The highest BCUT2D eigenvalue weighted by molar-refractivity contribution is 5.93. The third-order valence-corrected chi connectivity index (χ3v) is 2.45. The number of nitrogens with one attached hydrogen (secondary N) is 1. The molecule has 0 saturated carbocycles. The summed E-state index contributed by atoms with van der Waals surface area (Å²) in [5.41, 5.74) is 3.58. The monoisotopic (exact) mass is 246 g/mol. The Hall–Kier alpha value is -2.27. The van der Waals surface area contributed by atoms with Crippen LogP contribution in [-0.2, 0) is 6.61 Å². The molecule has 1 heterocycles. The maximum atomic E-state index is 11.2. The Balaban J connectivity index is 1.96. The average Bonchev–Trinajstić information content (AvgIpc) is 2.86. The summed E-state index contributed by atoms with van der Waals surface area (Å²) in [6, 6.07) is 9.28. The molecule has 1 amide bonds. The zero-order chi connectivity index (χ0) is 13.0. The zero-order valence-electron chi connectivity index (χ0n) is 9.97. The van der Waals surface area contributed by atoms with Gasteiger partial charge in [-0.15, -0.1) is 0 Å². The molecule has 0 aliphatic carbocycles. The number of rotatable bonds is 4. The van der Waals surface area contributed by atoms with E-state index in [1.54, 1.807) is 6.07 Å². The van der Waals surface area contributed by atoms with E-state index in [0.717, 1.165) is 5.75 Å². The Morgan fingerprint density at radius 3 is 2.78 bits per heavy atom. The number of ether oxygens (including phenoxy) is 1. The van der Waals surface area contributed by atoms with Crippen molar-refractivity contribution in [1.82, 2.24) is 5.43 Å². The van der Waals surface area contributed by atoms with Gasteiger partial charge in [0.25, 0.3) is 5.91 Å². The highest BCUT2D eigenvalue weighted by Gasteiger charge is 2.08. The van der Waals surface area contributed by atoms with Gasteiger partial charge in [0.2, 0.25) is 0 Å². The Morgan fingerprint density at radius 1 is 1.39 bits per heavy atom. The minimum absolute atomic E-state index is 0.265. The molecule has 0 radical (unpaired) electrons. The highest BCUT2D eigenvalue weighted by Crippen LogP contribution is 2.15. The van der Waals surface area contributed by atoms with Crippen LogP contribution >= 0.6 is 0 Å². The van der Waals surface area contributed by atoms with Gasteiger partial charge in [-0.3, -0.25) is 10.2 Å². The Bertz CT molecular complexity index is 531. The van der Waals surface area contributed by atoms with Crippen molar-refractivity contribution in [3.63, 3.8) is 0 Å². The molecular formula is C13H14N2O3. The summed E-state index contributed by atoms with van der Waals surface area (Å²) in [5, 5.41) is 0. The number of aryl methyl sites for hydroxylation is 1. The number of benzene rings is 1. The van der Waals surface area contributed by atoms with Gasteiger partial charge >= 0.3 is 0 Å². The van der Waals surface area contributed by atoms with Gasteiger partial charge in [0.05, 0.1) is 5.56 Å². The van der Waals surface area contributed by atoms with Crippen LogP contribution in [0.15, 0.2) is 41.0 Å². The predicted molar refractivity (Wildman–Crippen MR) is 65.9 cm³/mol. The summed E-state index contributed by atoms with van der Waals surface area (Å²) in [6.07, 6.45) is 1.34. The van der Waals surface area contributed by atoms with Gasteiger partial charge in [-0.25, -0.2) is 5.84 Å². The van der Waals surface area contributed by atoms with E-state index in [1.807, 2.05) is 36.6 Å². The second kappa shape index (κ2) is 5.37. The number of nitrogens with two attached hydrogens (primary N) is 1. The lowest BCUT2D eigenvalue weighted by Gasteiger charge is -2.03. The molecule has 18 heavy (non-hydrogen) atoms. The lowest BCUT2D eigenvalue weighted by Crippen LogP contribution is -2.29. The largest absolute Gasteiger partial charge is 0.486 e. The third-order valence-electron chi connectivity index (χ3n) is 2.45. The molecule has 3 N–H and O–H groups in total. The van der Waals surface area contributed by atoms with E-state index in [9.17, 15) is 4.79 Å². The number of carbonyl (C=O) groups is 1. The van der Waals surface area contributed by atoms with Crippen molar-refractivity contribution in [1.29, 1.82) is 0 Å². The van der Waals surface area contributed by atoms with E-state index in [-0.39, 0.29) is 12.5 Å². The smallest absolute Gasteiger partial charge is 0.268 e. The Labute approximate surface area is 105 Å². The quantitative estimate of drug-likeness (QED) is 0.489. The first-order valence-corrected chi connectivity index (χ1v) is 5.47. The minimum Gasteiger partial charge on any atom is -0.486 e. The number of nitrogen functional groups attached to an aromatic ring is 1. The fourth-order valence-electron chi connectivity index (χ4n) is 1.45. The lowest BCUT2D eigenvalue weighted by molar-refractivity contribution is 0.0953. The number of carbonyl (C=O) groups excluding carboxylic acids is 1. The summed E-state index contributed by atoms with van der Waals surface area (Å²) in [4.78, 5) is 11.2. The molecule has 0 aliphatic heterocycles. The van der Waals surface area contributed by atoms with Crippen LogP contribution in [0.1, 0.15) is 21.7 Å². The van der Waals surface area contributed by atoms with E-state index in [0.29, 0.717) is 11.3 Å². The molecule has 0 fully saturated rings. The average molecular weight is 246 g/mol. The number of amides is 1. The number of furan rings is 1. The van der Waals surface area contributed by atoms with Gasteiger partial charge in [-0.2, -0.15) is 0 Å². The molecule has 2 aromatic rings. The predicted octanol–water partition coefficient (Wildman–Crippen LogP) is 1.77. The lowest BCUT2D eigenvalue weighted by atomic mass is 10.2. The first kappa shape index (κ1) is 12.2. The molecule has 5 heteroatoms. The summed E-state index contributed by atoms with van der Waals surface area (Å²) >= 11 is 0. The van der Waals surface area contributed by atoms with Gasteiger partial charge in [0, 0.05) is 0 Å². The van der Waals surface area contributed by atoms with Crippen LogP contribution in [0.4, 0.5) is 0 Å². The van der Waals surface area contributed by atoms with Gasteiger partial charge in [0.1, 0.15) is 24.4 Å². The van der Waals surface area contributed by atoms with Crippen molar-refractivity contribution in [3.05, 3.63) is 53.5 Å². The molecule has 2 rings (SSSR count).